The van der Waals surface area contributed by atoms with Gasteiger partial charge in [-0.2, -0.15) is 0 Å². The van der Waals surface area contributed by atoms with Crippen molar-refractivity contribution in [2.75, 3.05) is 47.0 Å². The van der Waals surface area contributed by atoms with Crippen LogP contribution in [0.15, 0.2) is 12.2 Å². The predicted molar refractivity (Wildman–Crippen MR) is 119 cm³/mol. The third-order valence-corrected chi connectivity index (χ3v) is 5.35. The highest BCUT2D eigenvalue weighted by atomic mass is 35.5. The Kier molecular flexibility index (Phi) is 24.9. The maximum absolute atomic E-state index is 9.00. The van der Waals surface area contributed by atoms with Crippen molar-refractivity contribution in [1.29, 1.82) is 0 Å². The fourth-order valence-corrected chi connectivity index (χ4v) is 3.25. The summed E-state index contributed by atoms with van der Waals surface area (Å²) in [5, 5.41) is 9.00. The van der Waals surface area contributed by atoms with Crippen molar-refractivity contribution in [3.63, 3.8) is 0 Å². The van der Waals surface area contributed by atoms with Crippen LogP contribution in [0.1, 0.15) is 96.8 Å². The van der Waals surface area contributed by atoms with Crippen LogP contribution >= 0.6 is 0 Å². The first-order chi connectivity index (χ1) is 13.1. The molecule has 0 aromatic carbocycles. The number of halogens is 1. The minimum atomic E-state index is 0. The van der Waals surface area contributed by atoms with Gasteiger partial charge in [0.05, 0.1) is 27.3 Å². The lowest BCUT2D eigenvalue weighted by Crippen LogP contribution is -3.00. The van der Waals surface area contributed by atoms with E-state index in [2.05, 4.69) is 33.2 Å². The minimum Gasteiger partial charge on any atom is -1.00 e. The first-order valence-corrected chi connectivity index (χ1v) is 11.8. The van der Waals surface area contributed by atoms with Gasteiger partial charge in [0.15, 0.2) is 0 Å². The van der Waals surface area contributed by atoms with Crippen LogP contribution in [-0.4, -0.2) is 56.6 Å². The molecular weight excluding hydrogens is 370 g/mol. The molecule has 0 aliphatic rings. The Morgan fingerprint density at radius 3 is 1.71 bits per heavy atom. The molecule has 0 spiro atoms. The lowest BCUT2D eigenvalue weighted by Gasteiger charge is -2.28. The van der Waals surface area contributed by atoms with Crippen molar-refractivity contribution in [1.82, 2.24) is 0 Å². The molecule has 0 radical (unpaired) electrons. The molecule has 0 aliphatic heterocycles. The number of allylic oxidation sites excluding steroid dienone is 2. The molecule has 1 N–H and O–H groups in total. The summed E-state index contributed by atoms with van der Waals surface area (Å²) in [6.07, 6.45) is 23.6. The number of nitrogens with zero attached hydrogens (tertiary/aromatic N) is 1. The van der Waals surface area contributed by atoms with Crippen molar-refractivity contribution < 1.29 is 26.7 Å². The number of aliphatic hydroxyl groups is 1. The van der Waals surface area contributed by atoms with E-state index in [9.17, 15) is 0 Å². The zero-order chi connectivity index (χ0) is 20.1. The summed E-state index contributed by atoms with van der Waals surface area (Å²) in [6, 6.07) is 0. The van der Waals surface area contributed by atoms with Gasteiger partial charge < -0.3 is 26.7 Å². The SMILES string of the molecule is CCCCCCCC/C=C\CCCCCCCCOCC[N+](C)(C)CCO.[Cl-]. The van der Waals surface area contributed by atoms with E-state index in [1.54, 1.807) is 0 Å². The second-order valence-corrected chi connectivity index (χ2v) is 8.66. The molecule has 0 aliphatic carbocycles. The van der Waals surface area contributed by atoms with Gasteiger partial charge in [0, 0.05) is 6.61 Å². The average Bonchev–Trinajstić information content (AvgIpc) is 2.63. The van der Waals surface area contributed by atoms with Gasteiger partial charge in [-0.25, -0.2) is 0 Å². The maximum atomic E-state index is 9.00. The van der Waals surface area contributed by atoms with Crippen molar-refractivity contribution >= 4 is 0 Å². The summed E-state index contributed by atoms with van der Waals surface area (Å²) in [4.78, 5) is 0. The van der Waals surface area contributed by atoms with E-state index in [0.29, 0.717) is 0 Å². The Morgan fingerprint density at radius 2 is 1.18 bits per heavy atom. The average molecular weight is 420 g/mol. The molecule has 0 aromatic rings. The van der Waals surface area contributed by atoms with E-state index in [0.717, 1.165) is 30.8 Å². The van der Waals surface area contributed by atoms with Crippen molar-refractivity contribution in [2.45, 2.75) is 96.8 Å². The number of ether oxygens (including phenoxy) is 1. The third kappa shape index (κ3) is 23.9. The van der Waals surface area contributed by atoms with Crippen LogP contribution in [0.3, 0.4) is 0 Å². The van der Waals surface area contributed by atoms with E-state index >= 15 is 0 Å². The molecule has 170 valence electrons. The second-order valence-electron chi connectivity index (χ2n) is 8.66. The van der Waals surface area contributed by atoms with Gasteiger partial charge in [-0.1, -0.05) is 76.9 Å². The van der Waals surface area contributed by atoms with Crippen molar-refractivity contribution in [3.05, 3.63) is 12.2 Å². The number of unbranched alkanes of at least 4 members (excludes halogenated alkanes) is 12. The van der Waals surface area contributed by atoms with Gasteiger partial charge in [-0.3, -0.25) is 0 Å². The zero-order valence-electron chi connectivity index (χ0n) is 19.3. The summed E-state index contributed by atoms with van der Waals surface area (Å²) in [6.45, 7) is 6.01. The van der Waals surface area contributed by atoms with Crippen LogP contribution < -0.4 is 12.4 Å². The molecule has 28 heavy (non-hydrogen) atoms. The molecule has 0 atom stereocenters. The topological polar surface area (TPSA) is 29.5 Å². The number of aliphatic hydroxyl groups excluding tert-OH is 1. The summed E-state index contributed by atoms with van der Waals surface area (Å²) >= 11 is 0. The van der Waals surface area contributed by atoms with Crippen LogP contribution in [0.25, 0.3) is 0 Å². The van der Waals surface area contributed by atoms with E-state index in [-0.39, 0.29) is 19.0 Å². The lowest BCUT2D eigenvalue weighted by atomic mass is 10.1. The third-order valence-electron chi connectivity index (χ3n) is 5.35. The highest BCUT2D eigenvalue weighted by Gasteiger charge is 2.12. The van der Waals surface area contributed by atoms with Gasteiger partial charge in [-0.15, -0.1) is 0 Å². The van der Waals surface area contributed by atoms with Crippen molar-refractivity contribution in [3.8, 4) is 0 Å². The van der Waals surface area contributed by atoms with Gasteiger partial charge in [-0.05, 0) is 32.1 Å². The minimum absolute atomic E-state index is 0. The van der Waals surface area contributed by atoms with Gasteiger partial charge in [0.25, 0.3) is 0 Å². The smallest absolute Gasteiger partial charge is 0.102 e. The Labute approximate surface area is 182 Å². The molecule has 0 saturated heterocycles. The quantitative estimate of drug-likeness (QED) is 0.176. The van der Waals surface area contributed by atoms with Gasteiger partial charge in [0.2, 0.25) is 0 Å². The molecule has 0 saturated carbocycles. The maximum Gasteiger partial charge on any atom is 0.102 e. The number of rotatable bonds is 21. The number of hydrogen-bond donors (Lipinski definition) is 1. The fraction of sp³-hybridized carbons (Fsp3) is 0.917. The van der Waals surface area contributed by atoms with Crippen LogP contribution in [0.4, 0.5) is 0 Å². The Bertz CT molecular complexity index is 322. The summed E-state index contributed by atoms with van der Waals surface area (Å²) in [5.74, 6) is 0. The molecule has 0 heterocycles. The molecule has 0 fully saturated rings. The highest BCUT2D eigenvalue weighted by Crippen LogP contribution is 2.10. The summed E-state index contributed by atoms with van der Waals surface area (Å²) in [7, 11) is 4.28. The van der Waals surface area contributed by atoms with Crippen LogP contribution in [-0.2, 0) is 4.74 Å². The standard InChI is InChI=1S/C24H50NO2.ClH/c1-4-5-6-7-8-9-10-11-12-13-14-15-16-17-18-19-23-27-24-21-25(2,3)20-22-26;/h11-12,26H,4-10,13-24H2,1-3H3;1H/q+1;/p-1/b12-11-;. The van der Waals surface area contributed by atoms with E-state index in [1.807, 2.05) is 0 Å². The predicted octanol–water partition coefficient (Wildman–Crippen LogP) is 3.11. The van der Waals surface area contributed by atoms with Crippen LogP contribution in [0.5, 0.6) is 0 Å². The fourth-order valence-electron chi connectivity index (χ4n) is 3.25. The number of hydrogen-bond acceptors (Lipinski definition) is 2. The Balaban J connectivity index is 0. The highest BCUT2D eigenvalue weighted by molar-refractivity contribution is 4.81. The molecule has 3 nitrogen and oxygen atoms in total. The number of likely N-dealkylation sites (N-methyl/N-ethyl adjacent to an activating group) is 1. The van der Waals surface area contributed by atoms with Gasteiger partial charge in [0.1, 0.15) is 13.1 Å². The molecule has 0 aromatic heterocycles. The lowest BCUT2D eigenvalue weighted by molar-refractivity contribution is -0.891. The molecule has 0 bridgehead atoms. The monoisotopic (exact) mass is 419 g/mol. The van der Waals surface area contributed by atoms with E-state index in [1.165, 1.54) is 89.9 Å². The first kappa shape index (κ1) is 30.1. The van der Waals surface area contributed by atoms with E-state index in [4.69, 9.17) is 9.84 Å². The Morgan fingerprint density at radius 1 is 0.679 bits per heavy atom. The van der Waals surface area contributed by atoms with Crippen LogP contribution in [0.2, 0.25) is 0 Å². The molecule has 0 unspecified atom stereocenters. The summed E-state index contributed by atoms with van der Waals surface area (Å²) in [5.41, 5.74) is 0. The Hall–Kier alpha value is -0.0900. The number of quaternary nitrogens is 1. The normalized spacial score (nSPS) is 11.9. The van der Waals surface area contributed by atoms with E-state index < -0.39 is 0 Å². The zero-order valence-corrected chi connectivity index (χ0v) is 20.0. The van der Waals surface area contributed by atoms with Gasteiger partial charge >= 0.3 is 0 Å². The first-order valence-electron chi connectivity index (χ1n) is 11.8. The largest absolute Gasteiger partial charge is 1.00 e. The van der Waals surface area contributed by atoms with Crippen molar-refractivity contribution in [2.24, 2.45) is 0 Å². The molecule has 4 heteroatoms. The molecule has 0 amide bonds. The molecular formula is C24H50ClNO2. The summed E-state index contributed by atoms with van der Waals surface area (Å²) < 4.78 is 6.57. The molecule has 0 rings (SSSR count). The van der Waals surface area contributed by atoms with Crippen LogP contribution in [0, 0.1) is 0 Å². The second kappa shape index (κ2) is 23.2.